The van der Waals surface area contributed by atoms with E-state index in [4.69, 9.17) is 4.74 Å². The van der Waals surface area contributed by atoms with Gasteiger partial charge in [-0.3, -0.25) is 0 Å². The predicted octanol–water partition coefficient (Wildman–Crippen LogP) is 3.05. The van der Waals surface area contributed by atoms with Gasteiger partial charge >= 0.3 is 12.1 Å². The summed E-state index contributed by atoms with van der Waals surface area (Å²) in [6, 6.07) is -0.337. The summed E-state index contributed by atoms with van der Waals surface area (Å²) < 4.78 is 9.90. The Labute approximate surface area is 121 Å². The van der Waals surface area contributed by atoms with Crippen molar-refractivity contribution in [1.29, 1.82) is 0 Å². The molecule has 0 saturated carbocycles. The average molecular weight is 285 g/mol. The van der Waals surface area contributed by atoms with Gasteiger partial charge in [0, 0.05) is 5.57 Å². The molecule has 5 heteroatoms. The van der Waals surface area contributed by atoms with Gasteiger partial charge in [-0.1, -0.05) is 26.8 Å². The Balaban J connectivity index is 5.03. The third-order valence-corrected chi connectivity index (χ3v) is 2.53. The van der Waals surface area contributed by atoms with Crippen LogP contribution in [-0.4, -0.2) is 30.8 Å². The molecule has 0 saturated heterocycles. The van der Waals surface area contributed by atoms with Gasteiger partial charge in [0.05, 0.1) is 13.2 Å². The van der Waals surface area contributed by atoms with Crippen LogP contribution in [0.2, 0.25) is 0 Å². The van der Waals surface area contributed by atoms with Crippen LogP contribution in [0.25, 0.3) is 0 Å². The molecular weight excluding hydrogens is 258 g/mol. The molecule has 0 aliphatic heterocycles. The summed E-state index contributed by atoms with van der Waals surface area (Å²) in [4.78, 5) is 23.3. The molecule has 0 spiro atoms. The lowest BCUT2D eigenvalue weighted by Gasteiger charge is -2.30. The molecule has 0 aromatic rings. The average Bonchev–Trinajstić information content (AvgIpc) is 2.22. The molecule has 0 bridgehead atoms. The van der Waals surface area contributed by atoms with Crippen LogP contribution >= 0.6 is 0 Å². The number of rotatable bonds is 3. The van der Waals surface area contributed by atoms with E-state index in [0.29, 0.717) is 5.57 Å². The predicted molar refractivity (Wildman–Crippen MR) is 78.4 cm³/mol. The summed E-state index contributed by atoms with van der Waals surface area (Å²) in [5, 5.41) is 2.78. The van der Waals surface area contributed by atoms with E-state index in [-0.39, 0.29) is 11.5 Å². The molecule has 0 aliphatic rings. The van der Waals surface area contributed by atoms with E-state index in [9.17, 15) is 9.59 Å². The molecule has 116 valence electrons. The van der Waals surface area contributed by atoms with E-state index in [0.717, 1.165) is 0 Å². The number of carbonyl (C=O) groups is 2. The van der Waals surface area contributed by atoms with Gasteiger partial charge in [0.15, 0.2) is 0 Å². The van der Waals surface area contributed by atoms with Gasteiger partial charge in [-0.15, -0.1) is 0 Å². The molecule has 0 heterocycles. The van der Waals surface area contributed by atoms with E-state index in [1.54, 1.807) is 33.8 Å². The van der Waals surface area contributed by atoms with Crippen LogP contribution in [-0.2, 0) is 14.3 Å². The quantitative estimate of drug-likeness (QED) is 0.639. The lowest BCUT2D eigenvalue weighted by molar-refractivity contribution is -0.136. The van der Waals surface area contributed by atoms with Crippen LogP contribution in [0.4, 0.5) is 4.79 Å². The number of hydrogen-bond donors (Lipinski definition) is 1. The second-order valence-corrected chi connectivity index (χ2v) is 6.83. The second kappa shape index (κ2) is 6.77. The van der Waals surface area contributed by atoms with Crippen molar-refractivity contribution in [3.8, 4) is 0 Å². The first-order valence-corrected chi connectivity index (χ1v) is 6.63. The van der Waals surface area contributed by atoms with Gasteiger partial charge in [-0.2, -0.15) is 0 Å². The standard InChI is InChI=1S/C15H27NO4/c1-10(12(17)19-8)9-11(14(2,3)4)16-13(18)20-15(5,6)7/h9,11H,1-8H3,(H,16,18)/b10-9+/t11-/m1/s1. The fourth-order valence-electron chi connectivity index (χ4n) is 1.42. The normalized spacial score (nSPS) is 14.5. The Bertz CT molecular complexity index is 386. The fraction of sp³-hybridized carbons (Fsp3) is 0.733. The highest BCUT2D eigenvalue weighted by atomic mass is 16.6. The van der Waals surface area contributed by atoms with Crippen LogP contribution in [0, 0.1) is 5.41 Å². The van der Waals surface area contributed by atoms with E-state index in [1.807, 2.05) is 20.8 Å². The first kappa shape index (κ1) is 18.5. The minimum absolute atomic E-state index is 0.258. The molecule has 20 heavy (non-hydrogen) atoms. The molecule has 0 fully saturated rings. The van der Waals surface area contributed by atoms with Crippen molar-refractivity contribution < 1.29 is 19.1 Å². The smallest absolute Gasteiger partial charge is 0.408 e. The molecule has 0 radical (unpaired) electrons. The number of alkyl carbamates (subject to hydrolysis) is 1. The highest BCUT2D eigenvalue weighted by molar-refractivity contribution is 5.87. The number of amides is 1. The van der Waals surface area contributed by atoms with Crippen molar-refractivity contribution in [2.45, 2.75) is 60.1 Å². The highest BCUT2D eigenvalue weighted by Gasteiger charge is 2.27. The fourth-order valence-corrected chi connectivity index (χ4v) is 1.42. The molecule has 0 aromatic carbocycles. The largest absolute Gasteiger partial charge is 0.466 e. The number of carbonyl (C=O) groups excluding carboxylic acids is 2. The molecule has 5 nitrogen and oxygen atoms in total. The summed E-state index contributed by atoms with van der Waals surface area (Å²) in [5.74, 6) is -0.412. The van der Waals surface area contributed by atoms with E-state index < -0.39 is 17.7 Å². The Hall–Kier alpha value is -1.52. The lowest BCUT2D eigenvalue weighted by Crippen LogP contribution is -2.45. The number of nitrogens with one attached hydrogen (secondary N) is 1. The van der Waals surface area contributed by atoms with Crippen molar-refractivity contribution >= 4 is 12.1 Å². The zero-order chi connectivity index (χ0) is 16.1. The Morgan fingerprint density at radius 1 is 1.10 bits per heavy atom. The SMILES string of the molecule is COC(=O)/C(C)=C/[C@@H](NC(=O)OC(C)(C)C)C(C)(C)C. The molecule has 0 aliphatic carbocycles. The molecule has 0 rings (SSSR count). The number of ether oxygens (including phenoxy) is 2. The number of hydrogen-bond acceptors (Lipinski definition) is 4. The van der Waals surface area contributed by atoms with Crippen molar-refractivity contribution in [2.24, 2.45) is 5.41 Å². The first-order chi connectivity index (χ1) is 8.86. The Kier molecular flexibility index (Phi) is 6.26. The van der Waals surface area contributed by atoms with Crippen LogP contribution in [0.3, 0.4) is 0 Å². The van der Waals surface area contributed by atoms with Crippen molar-refractivity contribution in [3.63, 3.8) is 0 Å². The van der Waals surface area contributed by atoms with Crippen molar-refractivity contribution in [2.75, 3.05) is 7.11 Å². The van der Waals surface area contributed by atoms with Crippen LogP contribution in [0.15, 0.2) is 11.6 Å². The summed E-state index contributed by atoms with van der Waals surface area (Å²) >= 11 is 0. The Morgan fingerprint density at radius 2 is 1.60 bits per heavy atom. The topological polar surface area (TPSA) is 64.6 Å². The first-order valence-electron chi connectivity index (χ1n) is 6.63. The molecule has 0 unspecified atom stereocenters. The number of esters is 1. The maximum absolute atomic E-state index is 11.9. The second-order valence-electron chi connectivity index (χ2n) is 6.83. The third kappa shape index (κ3) is 7.16. The molecule has 1 atom stereocenters. The van der Waals surface area contributed by atoms with Crippen LogP contribution < -0.4 is 5.32 Å². The van der Waals surface area contributed by atoms with Gasteiger partial charge in [-0.25, -0.2) is 9.59 Å². The third-order valence-electron chi connectivity index (χ3n) is 2.53. The van der Waals surface area contributed by atoms with Crippen LogP contribution in [0.1, 0.15) is 48.5 Å². The van der Waals surface area contributed by atoms with Crippen LogP contribution in [0.5, 0.6) is 0 Å². The van der Waals surface area contributed by atoms with E-state index in [1.165, 1.54) is 7.11 Å². The summed E-state index contributed by atoms with van der Waals surface area (Å²) in [6.45, 7) is 13.0. The maximum atomic E-state index is 11.9. The Morgan fingerprint density at radius 3 is 1.95 bits per heavy atom. The van der Waals surface area contributed by atoms with Gasteiger partial charge in [0.1, 0.15) is 5.60 Å². The lowest BCUT2D eigenvalue weighted by atomic mass is 9.85. The molecule has 1 N–H and O–H groups in total. The van der Waals surface area contributed by atoms with Gasteiger partial charge in [0.25, 0.3) is 0 Å². The molecule has 1 amide bonds. The van der Waals surface area contributed by atoms with E-state index >= 15 is 0 Å². The minimum atomic E-state index is -0.562. The maximum Gasteiger partial charge on any atom is 0.408 e. The zero-order valence-corrected chi connectivity index (χ0v) is 13.8. The summed E-state index contributed by atoms with van der Waals surface area (Å²) in [5.41, 5.74) is -0.372. The van der Waals surface area contributed by atoms with Gasteiger partial charge in [-0.05, 0) is 33.1 Å². The monoisotopic (exact) mass is 285 g/mol. The number of methoxy groups -OCH3 is 1. The van der Waals surface area contributed by atoms with Crippen molar-refractivity contribution in [1.82, 2.24) is 5.32 Å². The molecular formula is C15H27NO4. The van der Waals surface area contributed by atoms with E-state index in [2.05, 4.69) is 10.1 Å². The molecule has 0 aromatic heterocycles. The van der Waals surface area contributed by atoms with Gasteiger partial charge < -0.3 is 14.8 Å². The summed E-state index contributed by atoms with van der Waals surface area (Å²) in [6.07, 6.45) is 1.18. The minimum Gasteiger partial charge on any atom is -0.466 e. The summed E-state index contributed by atoms with van der Waals surface area (Å²) in [7, 11) is 1.33. The zero-order valence-electron chi connectivity index (χ0n) is 13.8. The highest BCUT2D eigenvalue weighted by Crippen LogP contribution is 2.22. The van der Waals surface area contributed by atoms with Crippen molar-refractivity contribution in [3.05, 3.63) is 11.6 Å². The van der Waals surface area contributed by atoms with Gasteiger partial charge in [0.2, 0.25) is 0 Å².